The van der Waals surface area contributed by atoms with Crippen molar-refractivity contribution in [3.63, 3.8) is 0 Å². The topological polar surface area (TPSA) is 66.0 Å². The Labute approximate surface area is 98.3 Å². The van der Waals surface area contributed by atoms with Gasteiger partial charge < -0.3 is 5.84 Å². The Bertz CT molecular complexity index is 248. The van der Waals surface area contributed by atoms with E-state index >= 15 is 0 Å². The third-order valence-electron chi connectivity index (χ3n) is 1.35. The lowest BCUT2D eigenvalue weighted by atomic mass is 10.3. The van der Waals surface area contributed by atoms with Crippen LogP contribution in [0.15, 0.2) is 40.8 Å². The van der Waals surface area contributed by atoms with Crippen molar-refractivity contribution in [2.75, 3.05) is 12.2 Å². The molecule has 0 fully saturated rings. The third kappa shape index (κ3) is 6.78. The quantitative estimate of drug-likeness (QED) is 0.472. The molecule has 0 saturated heterocycles. The Balaban J connectivity index is 0. The molecule has 1 aromatic carbocycles. The monoisotopic (exact) mass is 225 g/mol. The van der Waals surface area contributed by atoms with E-state index in [2.05, 4.69) is 15.9 Å². The van der Waals surface area contributed by atoms with Crippen LogP contribution < -0.4 is 16.4 Å². The van der Waals surface area contributed by atoms with Crippen LogP contribution in [0.5, 0.6) is 0 Å². The maximum absolute atomic E-state index is 4.92. The molecule has 1 aromatic rings. The first-order valence-electron chi connectivity index (χ1n) is 5.52. The molecule has 5 nitrogen and oxygen atoms in total. The van der Waals surface area contributed by atoms with E-state index < -0.39 is 0 Å². The Morgan fingerprint density at radius 1 is 1.06 bits per heavy atom. The van der Waals surface area contributed by atoms with Crippen LogP contribution in [0.2, 0.25) is 0 Å². The Morgan fingerprint density at radius 3 is 1.94 bits per heavy atom. The molecule has 92 valence electrons. The Kier molecular flexibility index (Phi) is 14.0. The second-order valence-electron chi connectivity index (χ2n) is 2.08. The Morgan fingerprint density at radius 2 is 1.56 bits per heavy atom. The Hall–Kier alpha value is -1.62. The molecule has 0 spiro atoms. The van der Waals surface area contributed by atoms with Gasteiger partial charge in [0.05, 0.1) is 5.69 Å². The van der Waals surface area contributed by atoms with Crippen LogP contribution in [-0.2, 0) is 0 Å². The standard InChI is InChI=1S/C7H11N5.2C2H6/c1-9-12(11-10-8)7-5-3-2-4-6-7;2*1-2/h2-6,9H,1H3,(H2,8,11);2*1-2H3. The van der Waals surface area contributed by atoms with Gasteiger partial charge in [0.2, 0.25) is 0 Å². The van der Waals surface area contributed by atoms with Gasteiger partial charge in [-0.05, 0) is 17.4 Å². The van der Waals surface area contributed by atoms with E-state index in [0.717, 1.165) is 5.69 Å². The maximum atomic E-state index is 4.92. The fraction of sp³-hybridized carbons (Fsp3) is 0.455. The number of rotatable bonds is 3. The van der Waals surface area contributed by atoms with Gasteiger partial charge in [0.1, 0.15) is 0 Å². The van der Waals surface area contributed by atoms with Crippen molar-refractivity contribution in [2.24, 2.45) is 16.3 Å². The summed E-state index contributed by atoms with van der Waals surface area (Å²) in [5, 5.41) is 8.28. The summed E-state index contributed by atoms with van der Waals surface area (Å²) in [4.78, 5) is 0. The minimum atomic E-state index is 0.884. The van der Waals surface area contributed by atoms with Crippen molar-refractivity contribution in [1.29, 1.82) is 0 Å². The van der Waals surface area contributed by atoms with Crippen LogP contribution in [0.1, 0.15) is 27.7 Å². The van der Waals surface area contributed by atoms with E-state index in [4.69, 9.17) is 5.84 Å². The van der Waals surface area contributed by atoms with Gasteiger partial charge in [-0.25, -0.2) is 5.43 Å². The molecule has 16 heavy (non-hydrogen) atoms. The molecule has 1 rings (SSSR count). The van der Waals surface area contributed by atoms with Gasteiger partial charge in [-0.15, -0.1) is 0 Å². The number of hydrogen-bond acceptors (Lipinski definition) is 3. The van der Waals surface area contributed by atoms with Crippen LogP contribution in [0.4, 0.5) is 5.69 Å². The molecule has 0 heterocycles. The van der Waals surface area contributed by atoms with Crippen molar-refractivity contribution in [3.8, 4) is 0 Å². The largest absolute Gasteiger partial charge is 0.303 e. The van der Waals surface area contributed by atoms with Crippen molar-refractivity contribution in [1.82, 2.24) is 5.43 Å². The van der Waals surface area contributed by atoms with Gasteiger partial charge in [0.25, 0.3) is 0 Å². The zero-order valence-corrected chi connectivity index (χ0v) is 10.8. The smallest absolute Gasteiger partial charge is 0.0796 e. The lowest BCUT2D eigenvalue weighted by molar-refractivity contribution is 0.689. The zero-order valence-electron chi connectivity index (χ0n) is 10.8. The van der Waals surface area contributed by atoms with Crippen molar-refractivity contribution < 1.29 is 0 Å². The predicted octanol–water partition coefficient (Wildman–Crippen LogP) is 2.92. The van der Waals surface area contributed by atoms with Crippen molar-refractivity contribution in [3.05, 3.63) is 30.3 Å². The summed E-state index contributed by atoms with van der Waals surface area (Å²) in [6, 6.07) is 9.53. The van der Waals surface area contributed by atoms with Crippen LogP contribution in [-0.4, -0.2) is 7.05 Å². The lowest BCUT2D eigenvalue weighted by Crippen LogP contribution is -2.29. The van der Waals surface area contributed by atoms with Gasteiger partial charge >= 0.3 is 0 Å². The summed E-state index contributed by atoms with van der Waals surface area (Å²) in [6.45, 7) is 8.00. The highest BCUT2D eigenvalue weighted by Crippen LogP contribution is 2.10. The van der Waals surface area contributed by atoms with Gasteiger partial charge in [0, 0.05) is 7.05 Å². The minimum absolute atomic E-state index is 0.884. The molecule has 0 radical (unpaired) electrons. The van der Waals surface area contributed by atoms with E-state index in [1.54, 1.807) is 7.05 Å². The number of anilines is 1. The maximum Gasteiger partial charge on any atom is 0.0796 e. The lowest BCUT2D eigenvalue weighted by Gasteiger charge is -2.14. The van der Waals surface area contributed by atoms with Gasteiger partial charge in [-0.2, -0.15) is 5.12 Å². The molecular weight excluding hydrogens is 202 g/mol. The highest BCUT2D eigenvalue weighted by Gasteiger charge is 1.98. The highest BCUT2D eigenvalue weighted by molar-refractivity contribution is 5.43. The molecule has 0 amide bonds. The molecule has 0 aromatic heterocycles. The fourth-order valence-corrected chi connectivity index (χ4v) is 0.846. The number of hydrazine groups is 1. The van der Waals surface area contributed by atoms with Gasteiger partial charge in [-0.3, -0.25) is 0 Å². The SMILES string of the molecule is CC.CC.CNN(/N=N\N)c1ccccc1. The number of nitrogens with two attached hydrogens (primary N) is 1. The summed E-state index contributed by atoms with van der Waals surface area (Å²) >= 11 is 0. The summed E-state index contributed by atoms with van der Waals surface area (Å²) < 4.78 is 0. The average molecular weight is 225 g/mol. The summed E-state index contributed by atoms with van der Waals surface area (Å²) in [5.41, 5.74) is 3.70. The summed E-state index contributed by atoms with van der Waals surface area (Å²) in [7, 11) is 1.74. The van der Waals surface area contributed by atoms with E-state index in [9.17, 15) is 0 Å². The normalized spacial score (nSPS) is 8.56. The third-order valence-corrected chi connectivity index (χ3v) is 1.35. The van der Waals surface area contributed by atoms with E-state index in [0.29, 0.717) is 0 Å². The summed E-state index contributed by atoms with van der Waals surface area (Å²) in [6.07, 6.45) is 0. The molecule has 0 saturated carbocycles. The predicted molar refractivity (Wildman–Crippen MR) is 69.7 cm³/mol. The van der Waals surface area contributed by atoms with E-state index in [1.807, 2.05) is 58.0 Å². The zero-order chi connectivity index (χ0) is 12.8. The van der Waals surface area contributed by atoms with Crippen LogP contribution in [0.3, 0.4) is 0 Å². The highest BCUT2D eigenvalue weighted by atomic mass is 15.7. The first-order chi connectivity index (χ1) is 7.88. The minimum Gasteiger partial charge on any atom is -0.303 e. The molecular formula is C11H23N5. The van der Waals surface area contributed by atoms with Crippen LogP contribution in [0, 0.1) is 0 Å². The average Bonchev–Trinajstić information content (AvgIpc) is 2.41. The molecule has 0 bridgehead atoms. The second-order valence-corrected chi connectivity index (χ2v) is 2.08. The van der Waals surface area contributed by atoms with Crippen LogP contribution >= 0.6 is 0 Å². The molecule has 0 unspecified atom stereocenters. The molecule has 3 N–H and O–H groups in total. The number of nitrogens with one attached hydrogen (secondary N) is 1. The molecule has 5 heteroatoms. The molecule has 0 aliphatic rings. The molecule has 0 aliphatic heterocycles. The molecule has 0 atom stereocenters. The second kappa shape index (κ2) is 13.4. The van der Waals surface area contributed by atoms with Crippen LogP contribution in [0.25, 0.3) is 0 Å². The van der Waals surface area contributed by atoms with Gasteiger partial charge in [-0.1, -0.05) is 51.1 Å². The van der Waals surface area contributed by atoms with Gasteiger partial charge in [0.15, 0.2) is 0 Å². The van der Waals surface area contributed by atoms with Crippen molar-refractivity contribution in [2.45, 2.75) is 27.7 Å². The van der Waals surface area contributed by atoms with E-state index in [-0.39, 0.29) is 0 Å². The fourth-order valence-electron chi connectivity index (χ4n) is 0.846. The first-order valence-corrected chi connectivity index (χ1v) is 5.52. The number of nitrogens with zero attached hydrogens (tertiary/aromatic N) is 3. The molecule has 0 aliphatic carbocycles. The van der Waals surface area contributed by atoms with Crippen molar-refractivity contribution >= 4 is 5.69 Å². The number of hydrogen-bond donors (Lipinski definition) is 2. The number of benzene rings is 1. The van der Waals surface area contributed by atoms with E-state index in [1.165, 1.54) is 5.12 Å². The first kappa shape index (κ1) is 16.8. The number of para-hydroxylation sites is 1. The summed E-state index contributed by atoms with van der Waals surface area (Å²) in [5.74, 6) is 4.92.